The molecule has 0 aromatic rings. The van der Waals surface area contributed by atoms with Crippen LogP contribution < -0.4 is 5.32 Å². The summed E-state index contributed by atoms with van der Waals surface area (Å²) in [4.78, 5) is 0. The summed E-state index contributed by atoms with van der Waals surface area (Å²) in [6, 6.07) is 2.29. The van der Waals surface area contributed by atoms with Crippen molar-refractivity contribution in [3.05, 3.63) is 0 Å². The summed E-state index contributed by atoms with van der Waals surface area (Å²) < 4.78 is 22.0. The Hall–Kier alpha value is -0.600. The fourth-order valence-corrected chi connectivity index (χ4v) is 2.47. The molecule has 1 N–H and O–H groups in total. The van der Waals surface area contributed by atoms with E-state index >= 15 is 0 Å². The lowest BCUT2D eigenvalue weighted by molar-refractivity contribution is 0.274. The van der Waals surface area contributed by atoms with Crippen molar-refractivity contribution in [1.82, 2.24) is 5.32 Å². The van der Waals surface area contributed by atoms with E-state index in [0.29, 0.717) is 6.42 Å². The van der Waals surface area contributed by atoms with Crippen LogP contribution in [0.5, 0.6) is 0 Å². The highest BCUT2D eigenvalue weighted by molar-refractivity contribution is 7.90. The Balaban J connectivity index is 2.58. The Morgan fingerprint density at radius 1 is 1.43 bits per heavy atom. The topological polar surface area (TPSA) is 70.0 Å². The van der Waals surface area contributed by atoms with E-state index in [1.807, 2.05) is 0 Å². The molecule has 80 valence electrons. The molecule has 4 nitrogen and oxygen atoms in total. The number of sulfone groups is 1. The maximum absolute atomic E-state index is 11.0. The van der Waals surface area contributed by atoms with Crippen molar-refractivity contribution in [2.75, 3.05) is 25.1 Å². The minimum atomic E-state index is -2.94. The average molecular weight is 216 g/mol. The molecular formula is C9H16N2O2S. The normalized spacial score (nSPS) is 21.4. The lowest BCUT2D eigenvalue weighted by Crippen LogP contribution is -2.36. The van der Waals surface area contributed by atoms with E-state index in [-0.39, 0.29) is 5.75 Å². The number of nitrogens with zero attached hydrogens (tertiary/aromatic N) is 1. The molecule has 0 atom stereocenters. The first-order valence-corrected chi connectivity index (χ1v) is 6.83. The quantitative estimate of drug-likeness (QED) is 0.737. The Morgan fingerprint density at radius 2 is 2.00 bits per heavy atom. The highest BCUT2D eigenvalue weighted by Crippen LogP contribution is 2.31. The molecule has 0 aromatic carbocycles. The predicted octanol–water partition coefficient (Wildman–Crippen LogP) is 0.314. The van der Waals surface area contributed by atoms with Crippen LogP contribution in [0.1, 0.15) is 19.3 Å². The van der Waals surface area contributed by atoms with Gasteiger partial charge in [0, 0.05) is 6.26 Å². The molecule has 0 saturated carbocycles. The smallest absolute Gasteiger partial charge is 0.147 e. The number of hydrogen-bond acceptors (Lipinski definition) is 4. The summed E-state index contributed by atoms with van der Waals surface area (Å²) in [6.07, 6.45) is 3.22. The molecule has 1 aliphatic rings. The second-order valence-electron chi connectivity index (χ2n) is 4.02. The third kappa shape index (κ3) is 3.28. The number of nitrogens with one attached hydrogen (secondary N) is 1. The Morgan fingerprint density at radius 3 is 2.43 bits per heavy atom. The molecular weight excluding hydrogens is 200 g/mol. The maximum Gasteiger partial charge on any atom is 0.147 e. The van der Waals surface area contributed by atoms with Crippen LogP contribution >= 0.6 is 0 Å². The summed E-state index contributed by atoms with van der Waals surface area (Å²) in [5.41, 5.74) is -0.408. The van der Waals surface area contributed by atoms with Gasteiger partial charge in [0.2, 0.25) is 0 Å². The molecule has 5 heteroatoms. The second-order valence-corrected chi connectivity index (χ2v) is 6.28. The molecule has 1 rings (SSSR count). The van der Waals surface area contributed by atoms with E-state index in [2.05, 4.69) is 11.4 Å². The van der Waals surface area contributed by atoms with Crippen LogP contribution in [0.15, 0.2) is 0 Å². The van der Waals surface area contributed by atoms with Crippen LogP contribution in [0, 0.1) is 16.7 Å². The van der Waals surface area contributed by atoms with E-state index in [1.165, 1.54) is 6.26 Å². The van der Waals surface area contributed by atoms with Crippen molar-refractivity contribution >= 4 is 9.84 Å². The fraction of sp³-hybridized carbons (Fsp3) is 0.889. The van der Waals surface area contributed by atoms with Crippen molar-refractivity contribution in [2.45, 2.75) is 19.3 Å². The second kappa shape index (κ2) is 4.28. The van der Waals surface area contributed by atoms with E-state index < -0.39 is 15.3 Å². The average Bonchev–Trinajstić information content (AvgIpc) is 2.15. The Labute approximate surface area is 85.2 Å². The molecule has 0 amide bonds. The molecule has 0 aromatic heterocycles. The molecule has 1 fully saturated rings. The van der Waals surface area contributed by atoms with Gasteiger partial charge < -0.3 is 5.32 Å². The minimum Gasteiger partial charge on any atom is -0.317 e. The van der Waals surface area contributed by atoms with Gasteiger partial charge in [0.15, 0.2) is 0 Å². The van der Waals surface area contributed by atoms with Crippen LogP contribution in [0.25, 0.3) is 0 Å². The third-order valence-electron chi connectivity index (χ3n) is 2.75. The van der Waals surface area contributed by atoms with Gasteiger partial charge >= 0.3 is 0 Å². The van der Waals surface area contributed by atoms with Crippen LogP contribution in [0.3, 0.4) is 0 Å². The zero-order valence-corrected chi connectivity index (χ0v) is 9.23. The van der Waals surface area contributed by atoms with Gasteiger partial charge in [0.25, 0.3) is 0 Å². The summed E-state index contributed by atoms with van der Waals surface area (Å²) >= 11 is 0. The minimum absolute atomic E-state index is 0.126. The Kier molecular flexibility index (Phi) is 3.51. The van der Waals surface area contributed by atoms with Gasteiger partial charge in [-0.2, -0.15) is 5.26 Å². The maximum atomic E-state index is 11.0. The van der Waals surface area contributed by atoms with Crippen LogP contribution in [-0.4, -0.2) is 33.5 Å². The number of piperidine rings is 1. The lowest BCUT2D eigenvalue weighted by atomic mass is 9.78. The molecule has 0 bridgehead atoms. The van der Waals surface area contributed by atoms with Crippen molar-refractivity contribution in [2.24, 2.45) is 5.41 Å². The van der Waals surface area contributed by atoms with Gasteiger partial charge in [-0.25, -0.2) is 8.42 Å². The van der Waals surface area contributed by atoms with Crippen LogP contribution in [0.4, 0.5) is 0 Å². The molecule has 0 aliphatic carbocycles. The predicted molar refractivity (Wildman–Crippen MR) is 54.5 cm³/mol. The number of hydrogen-bond donors (Lipinski definition) is 1. The summed E-state index contributed by atoms with van der Waals surface area (Å²) in [6.45, 7) is 1.63. The van der Waals surface area contributed by atoms with Crippen molar-refractivity contribution in [1.29, 1.82) is 5.26 Å². The molecule has 1 aliphatic heterocycles. The van der Waals surface area contributed by atoms with E-state index in [4.69, 9.17) is 5.26 Å². The first kappa shape index (κ1) is 11.5. The van der Waals surface area contributed by atoms with E-state index in [0.717, 1.165) is 25.9 Å². The number of nitriles is 1. The summed E-state index contributed by atoms with van der Waals surface area (Å²) in [5, 5.41) is 12.2. The monoisotopic (exact) mass is 216 g/mol. The molecule has 14 heavy (non-hydrogen) atoms. The molecule has 1 heterocycles. The van der Waals surface area contributed by atoms with Gasteiger partial charge in [0.1, 0.15) is 9.84 Å². The number of rotatable bonds is 3. The molecule has 0 unspecified atom stereocenters. The first-order valence-electron chi connectivity index (χ1n) is 4.77. The van der Waals surface area contributed by atoms with Gasteiger partial charge in [0.05, 0.1) is 17.2 Å². The zero-order chi connectivity index (χ0) is 10.7. The van der Waals surface area contributed by atoms with Gasteiger partial charge in [-0.05, 0) is 32.4 Å². The lowest BCUT2D eigenvalue weighted by Gasteiger charge is -2.30. The van der Waals surface area contributed by atoms with Crippen molar-refractivity contribution in [3.63, 3.8) is 0 Å². The van der Waals surface area contributed by atoms with E-state index in [1.54, 1.807) is 0 Å². The molecule has 0 radical (unpaired) electrons. The largest absolute Gasteiger partial charge is 0.317 e. The first-order chi connectivity index (χ1) is 6.47. The summed E-state index contributed by atoms with van der Waals surface area (Å²) in [7, 11) is -2.94. The molecule has 0 spiro atoms. The Bertz CT molecular complexity index is 323. The van der Waals surface area contributed by atoms with Crippen molar-refractivity contribution in [3.8, 4) is 6.07 Å². The van der Waals surface area contributed by atoms with Crippen LogP contribution in [-0.2, 0) is 9.84 Å². The third-order valence-corrected chi connectivity index (χ3v) is 3.69. The van der Waals surface area contributed by atoms with Gasteiger partial charge in [-0.3, -0.25) is 0 Å². The summed E-state index contributed by atoms with van der Waals surface area (Å²) in [5.74, 6) is 0.126. The van der Waals surface area contributed by atoms with Gasteiger partial charge in [-0.1, -0.05) is 0 Å². The fourth-order valence-electron chi connectivity index (χ4n) is 1.70. The van der Waals surface area contributed by atoms with Gasteiger partial charge in [-0.15, -0.1) is 0 Å². The SMILES string of the molecule is CS(=O)(=O)CCC1(C#N)CCNCC1. The van der Waals surface area contributed by atoms with E-state index in [9.17, 15) is 8.42 Å². The van der Waals surface area contributed by atoms with Crippen molar-refractivity contribution < 1.29 is 8.42 Å². The highest BCUT2D eigenvalue weighted by atomic mass is 32.2. The van der Waals surface area contributed by atoms with Crippen LogP contribution in [0.2, 0.25) is 0 Å². The molecule has 1 saturated heterocycles. The zero-order valence-electron chi connectivity index (χ0n) is 8.41. The standard InChI is InChI=1S/C9H16N2O2S/c1-14(12,13)7-4-9(8-10)2-5-11-6-3-9/h11H,2-7H2,1H3. The highest BCUT2D eigenvalue weighted by Gasteiger charge is 2.32.